The number of pyridine rings is 1. The number of carbonyl (C=O) groups is 2. The molecule has 3 aromatic rings. The van der Waals surface area contributed by atoms with Gasteiger partial charge in [-0.1, -0.05) is 47.6 Å². The summed E-state index contributed by atoms with van der Waals surface area (Å²) >= 11 is 7.23. The molecule has 0 aliphatic rings. The SMILES string of the molecule is Cc1cc(C)c(C(=O)Nc2cccc(Cl)c2)c(SCC(=O)Nc2ccccc2)n1. The van der Waals surface area contributed by atoms with Gasteiger partial charge in [0.05, 0.1) is 11.3 Å². The quantitative estimate of drug-likeness (QED) is 0.523. The normalized spacial score (nSPS) is 10.4. The number of rotatable bonds is 6. The average Bonchev–Trinajstić information content (AvgIpc) is 2.66. The van der Waals surface area contributed by atoms with E-state index < -0.39 is 0 Å². The van der Waals surface area contributed by atoms with Crippen LogP contribution < -0.4 is 10.6 Å². The number of anilines is 2. The lowest BCUT2D eigenvalue weighted by Crippen LogP contribution is -2.18. The zero-order chi connectivity index (χ0) is 20.8. The van der Waals surface area contributed by atoms with Crippen molar-refractivity contribution in [3.05, 3.63) is 82.5 Å². The Morgan fingerprint density at radius 2 is 1.69 bits per heavy atom. The predicted octanol–water partition coefficient (Wildman–Crippen LogP) is 5.33. The van der Waals surface area contributed by atoms with Crippen molar-refractivity contribution in [2.45, 2.75) is 18.9 Å². The molecule has 0 saturated heterocycles. The first-order chi connectivity index (χ1) is 13.9. The van der Waals surface area contributed by atoms with E-state index >= 15 is 0 Å². The number of hydrogen-bond acceptors (Lipinski definition) is 4. The molecule has 2 amide bonds. The first-order valence-corrected chi connectivity index (χ1v) is 10.3. The largest absolute Gasteiger partial charge is 0.325 e. The van der Waals surface area contributed by atoms with E-state index in [9.17, 15) is 9.59 Å². The van der Waals surface area contributed by atoms with Crippen LogP contribution in [0.25, 0.3) is 0 Å². The van der Waals surface area contributed by atoms with Gasteiger partial charge in [-0.3, -0.25) is 9.59 Å². The maximum atomic E-state index is 12.9. The van der Waals surface area contributed by atoms with Crippen molar-refractivity contribution in [2.75, 3.05) is 16.4 Å². The third-order valence-corrected chi connectivity index (χ3v) is 5.23. The molecule has 2 N–H and O–H groups in total. The molecule has 5 nitrogen and oxygen atoms in total. The van der Waals surface area contributed by atoms with E-state index in [1.165, 1.54) is 11.8 Å². The van der Waals surface area contributed by atoms with Gasteiger partial charge in [-0.15, -0.1) is 0 Å². The van der Waals surface area contributed by atoms with Gasteiger partial charge in [0, 0.05) is 22.1 Å². The Bertz CT molecular complexity index is 1040. The minimum absolute atomic E-state index is 0.141. The first kappa shape index (κ1) is 20.9. The van der Waals surface area contributed by atoms with Crippen molar-refractivity contribution in [1.82, 2.24) is 4.98 Å². The summed E-state index contributed by atoms with van der Waals surface area (Å²) in [4.78, 5) is 29.7. The van der Waals surface area contributed by atoms with E-state index in [4.69, 9.17) is 11.6 Å². The van der Waals surface area contributed by atoms with E-state index in [0.29, 0.717) is 21.3 Å². The molecule has 3 rings (SSSR count). The Labute approximate surface area is 178 Å². The van der Waals surface area contributed by atoms with Crippen LogP contribution in [0.15, 0.2) is 65.7 Å². The van der Waals surface area contributed by atoms with Gasteiger partial charge in [-0.2, -0.15) is 0 Å². The van der Waals surface area contributed by atoms with Crippen LogP contribution >= 0.6 is 23.4 Å². The van der Waals surface area contributed by atoms with Crippen LogP contribution in [0.5, 0.6) is 0 Å². The van der Waals surface area contributed by atoms with Crippen molar-refractivity contribution < 1.29 is 9.59 Å². The van der Waals surface area contributed by atoms with Gasteiger partial charge in [0.1, 0.15) is 5.03 Å². The minimum Gasteiger partial charge on any atom is -0.325 e. The first-order valence-electron chi connectivity index (χ1n) is 8.95. The van der Waals surface area contributed by atoms with Crippen molar-refractivity contribution in [3.8, 4) is 0 Å². The van der Waals surface area contributed by atoms with Gasteiger partial charge in [-0.25, -0.2) is 4.98 Å². The van der Waals surface area contributed by atoms with E-state index in [0.717, 1.165) is 16.9 Å². The van der Waals surface area contributed by atoms with Gasteiger partial charge < -0.3 is 10.6 Å². The molecule has 0 aliphatic heterocycles. The van der Waals surface area contributed by atoms with Gasteiger partial charge in [0.15, 0.2) is 0 Å². The number of hydrogen-bond donors (Lipinski definition) is 2. The van der Waals surface area contributed by atoms with Crippen LogP contribution in [-0.4, -0.2) is 22.6 Å². The molecule has 0 bridgehead atoms. The van der Waals surface area contributed by atoms with Crippen molar-refractivity contribution in [1.29, 1.82) is 0 Å². The number of thioether (sulfide) groups is 1. The number of aryl methyl sites for hydroxylation is 2. The predicted molar refractivity (Wildman–Crippen MR) is 119 cm³/mol. The summed E-state index contributed by atoms with van der Waals surface area (Å²) in [5.41, 5.74) is 3.36. The number of carbonyl (C=O) groups excluding carboxylic acids is 2. The van der Waals surface area contributed by atoms with E-state index in [1.54, 1.807) is 24.3 Å². The molecule has 1 aromatic heterocycles. The maximum absolute atomic E-state index is 12.9. The van der Waals surface area contributed by atoms with Gasteiger partial charge in [0.2, 0.25) is 5.91 Å². The summed E-state index contributed by atoms with van der Waals surface area (Å²) in [6, 6.07) is 18.0. The fourth-order valence-corrected chi connectivity index (χ4v) is 3.93. The van der Waals surface area contributed by atoms with Crippen LogP contribution in [0.3, 0.4) is 0 Å². The van der Waals surface area contributed by atoms with Crippen LogP contribution in [0.1, 0.15) is 21.6 Å². The molecule has 0 unspecified atom stereocenters. The zero-order valence-corrected chi connectivity index (χ0v) is 17.6. The van der Waals surface area contributed by atoms with Gasteiger partial charge in [-0.05, 0) is 55.8 Å². The second-order valence-corrected chi connectivity index (χ2v) is 7.83. The third-order valence-electron chi connectivity index (χ3n) is 4.02. The number of nitrogens with zero attached hydrogens (tertiary/aromatic N) is 1. The highest BCUT2D eigenvalue weighted by atomic mass is 35.5. The summed E-state index contributed by atoms with van der Waals surface area (Å²) in [6.07, 6.45) is 0. The van der Waals surface area contributed by atoms with Gasteiger partial charge >= 0.3 is 0 Å². The molecule has 2 aromatic carbocycles. The molecular formula is C22H20ClN3O2S. The number of aromatic nitrogens is 1. The molecule has 0 fully saturated rings. The lowest BCUT2D eigenvalue weighted by molar-refractivity contribution is -0.113. The number of benzene rings is 2. The molecule has 0 spiro atoms. The Morgan fingerprint density at radius 3 is 2.41 bits per heavy atom. The fraction of sp³-hybridized carbons (Fsp3) is 0.136. The van der Waals surface area contributed by atoms with Gasteiger partial charge in [0.25, 0.3) is 5.91 Å². The third kappa shape index (κ3) is 5.82. The molecule has 0 radical (unpaired) electrons. The standard InChI is InChI=1S/C22H20ClN3O2S/c1-14-11-15(2)24-22(29-13-19(27)25-17-8-4-3-5-9-17)20(14)21(28)26-18-10-6-7-16(23)12-18/h3-12H,13H2,1-2H3,(H,25,27)(H,26,28). The maximum Gasteiger partial charge on any atom is 0.258 e. The molecule has 7 heteroatoms. The van der Waals surface area contributed by atoms with E-state index in [1.807, 2.05) is 50.2 Å². The summed E-state index contributed by atoms with van der Waals surface area (Å²) in [7, 11) is 0. The number of nitrogens with one attached hydrogen (secondary N) is 2. The summed E-state index contributed by atoms with van der Waals surface area (Å²) < 4.78 is 0. The minimum atomic E-state index is -0.289. The second kappa shape index (κ2) is 9.58. The Morgan fingerprint density at radius 1 is 0.966 bits per heavy atom. The molecule has 1 heterocycles. The van der Waals surface area contributed by atoms with Crippen LogP contribution in [0.2, 0.25) is 5.02 Å². The smallest absolute Gasteiger partial charge is 0.258 e. The molecule has 0 saturated carbocycles. The molecule has 0 atom stereocenters. The van der Waals surface area contributed by atoms with Crippen molar-refractivity contribution >= 4 is 46.6 Å². The van der Waals surface area contributed by atoms with Crippen molar-refractivity contribution in [2.24, 2.45) is 0 Å². The number of para-hydroxylation sites is 1. The van der Waals surface area contributed by atoms with Crippen LogP contribution in [-0.2, 0) is 4.79 Å². The van der Waals surface area contributed by atoms with E-state index in [2.05, 4.69) is 15.6 Å². The Balaban J connectivity index is 1.76. The highest BCUT2D eigenvalue weighted by Crippen LogP contribution is 2.26. The number of halogens is 1. The fourth-order valence-electron chi connectivity index (χ4n) is 2.80. The lowest BCUT2D eigenvalue weighted by Gasteiger charge is -2.13. The topological polar surface area (TPSA) is 71.1 Å². The Hall–Kier alpha value is -2.83. The highest BCUT2D eigenvalue weighted by Gasteiger charge is 2.18. The molecule has 0 aliphatic carbocycles. The number of amides is 2. The van der Waals surface area contributed by atoms with E-state index in [-0.39, 0.29) is 17.6 Å². The average molecular weight is 426 g/mol. The summed E-state index contributed by atoms with van der Waals surface area (Å²) in [6.45, 7) is 3.72. The molecule has 148 valence electrons. The van der Waals surface area contributed by atoms with Crippen LogP contribution in [0, 0.1) is 13.8 Å². The zero-order valence-electron chi connectivity index (χ0n) is 16.0. The summed E-state index contributed by atoms with van der Waals surface area (Å²) in [5.74, 6) is -0.311. The second-order valence-electron chi connectivity index (χ2n) is 6.43. The van der Waals surface area contributed by atoms with Crippen molar-refractivity contribution in [3.63, 3.8) is 0 Å². The van der Waals surface area contributed by atoms with Crippen LogP contribution in [0.4, 0.5) is 11.4 Å². The molecular weight excluding hydrogens is 406 g/mol. The molecule has 29 heavy (non-hydrogen) atoms. The monoisotopic (exact) mass is 425 g/mol. The Kier molecular flexibility index (Phi) is 6.90. The summed E-state index contributed by atoms with van der Waals surface area (Å²) in [5, 5.41) is 6.74. The lowest BCUT2D eigenvalue weighted by atomic mass is 10.1. The highest BCUT2D eigenvalue weighted by molar-refractivity contribution is 8.00.